The average Bonchev–Trinajstić information content (AvgIpc) is 2.28. The summed E-state index contributed by atoms with van der Waals surface area (Å²) in [5.74, 6) is -1.94. The average molecular weight is 257 g/mol. The molecule has 0 radical (unpaired) electrons. The second kappa shape index (κ2) is 6.30. The van der Waals surface area contributed by atoms with Crippen molar-refractivity contribution in [2.75, 3.05) is 24.6 Å². The van der Waals surface area contributed by atoms with Crippen molar-refractivity contribution in [3.63, 3.8) is 0 Å². The smallest absolute Gasteiger partial charge is 0.150 e. The van der Waals surface area contributed by atoms with Crippen LogP contribution in [0.1, 0.15) is 18.9 Å². The number of halogens is 2. The topological polar surface area (TPSA) is 73.3 Å². The van der Waals surface area contributed by atoms with Gasteiger partial charge in [0.05, 0.1) is 6.61 Å². The molecule has 0 aromatic heterocycles. The molecule has 4 nitrogen and oxygen atoms in total. The summed E-state index contributed by atoms with van der Waals surface area (Å²) in [6.45, 7) is 2.28. The van der Waals surface area contributed by atoms with E-state index in [0.717, 1.165) is 12.1 Å². The first-order chi connectivity index (χ1) is 8.51. The van der Waals surface area contributed by atoms with Crippen molar-refractivity contribution >= 4 is 11.5 Å². The molecule has 100 valence electrons. The number of aliphatic hydroxyl groups is 1. The Hall–Kier alpha value is -1.69. The molecule has 1 aromatic rings. The van der Waals surface area contributed by atoms with E-state index in [1.54, 1.807) is 0 Å². The summed E-state index contributed by atoms with van der Waals surface area (Å²) in [7, 11) is 0. The number of aliphatic hydroxyl groups excluding tert-OH is 1. The fourth-order valence-corrected chi connectivity index (χ4v) is 1.75. The number of nitrogens with two attached hydrogens (primary N) is 1. The molecule has 18 heavy (non-hydrogen) atoms. The van der Waals surface area contributed by atoms with Crippen LogP contribution >= 0.6 is 0 Å². The van der Waals surface area contributed by atoms with Gasteiger partial charge in [0.1, 0.15) is 23.2 Å². The van der Waals surface area contributed by atoms with Crippen LogP contribution in [0.4, 0.5) is 14.5 Å². The van der Waals surface area contributed by atoms with Crippen molar-refractivity contribution in [3.8, 4) is 0 Å². The number of amidine groups is 1. The van der Waals surface area contributed by atoms with Crippen LogP contribution < -0.4 is 10.6 Å². The number of benzene rings is 1. The van der Waals surface area contributed by atoms with Gasteiger partial charge in [-0.1, -0.05) is 6.92 Å². The van der Waals surface area contributed by atoms with Crippen LogP contribution in [0.25, 0.3) is 0 Å². The lowest BCUT2D eigenvalue weighted by atomic mass is 10.1. The Morgan fingerprint density at radius 2 is 1.89 bits per heavy atom. The van der Waals surface area contributed by atoms with Crippen molar-refractivity contribution in [2.24, 2.45) is 5.73 Å². The number of nitrogen functional groups attached to an aromatic ring is 1. The van der Waals surface area contributed by atoms with E-state index in [1.807, 2.05) is 6.92 Å². The molecule has 0 aliphatic carbocycles. The maximum atomic E-state index is 13.9. The van der Waals surface area contributed by atoms with Gasteiger partial charge < -0.3 is 15.7 Å². The molecule has 0 saturated carbocycles. The standard InChI is InChI=1S/C12H17F2N3O/c1-2-3-17(4-5-18)11-9(13)6-8(12(15)16)7-10(11)14/h6-7,18H,2-5H2,1H3,(H3,15,16). The highest BCUT2D eigenvalue weighted by Gasteiger charge is 2.18. The molecule has 0 saturated heterocycles. The highest BCUT2D eigenvalue weighted by Crippen LogP contribution is 2.25. The third-order valence-corrected chi connectivity index (χ3v) is 2.51. The maximum Gasteiger partial charge on any atom is 0.150 e. The van der Waals surface area contributed by atoms with Crippen LogP contribution in [0.2, 0.25) is 0 Å². The van der Waals surface area contributed by atoms with E-state index in [2.05, 4.69) is 0 Å². The number of hydrogen-bond acceptors (Lipinski definition) is 3. The Morgan fingerprint density at radius 3 is 2.28 bits per heavy atom. The van der Waals surface area contributed by atoms with Crippen LogP contribution in [0.15, 0.2) is 12.1 Å². The zero-order chi connectivity index (χ0) is 13.7. The van der Waals surface area contributed by atoms with E-state index in [1.165, 1.54) is 4.90 Å². The minimum atomic E-state index is -0.776. The van der Waals surface area contributed by atoms with E-state index in [4.69, 9.17) is 16.2 Å². The molecule has 0 unspecified atom stereocenters. The minimum Gasteiger partial charge on any atom is -0.395 e. The van der Waals surface area contributed by atoms with Crippen molar-refractivity contribution in [3.05, 3.63) is 29.3 Å². The lowest BCUT2D eigenvalue weighted by Gasteiger charge is -2.24. The fraction of sp³-hybridized carbons (Fsp3) is 0.417. The van der Waals surface area contributed by atoms with Crippen LogP contribution in [-0.2, 0) is 0 Å². The maximum absolute atomic E-state index is 13.9. The van der Waals surface area contributed by atoms with Crippen LogP contribution in [0, 0.1) is 17.0 Å². The number of rotatable bonds is 6. The summed E-state index contributed by atoms with van der Waals surface area (Å²) in [6.07, 6.45) is 0.702. The highest BCUT2D eigenvalue weighted by molar-refractivity contribution is 5.95. The molecule has 0 spiro atoms. The second-order valence-electron chi connectivity index (χ2n) is 3.91. The first kappa shape index (κ1) is 14.4. The molecule has 0 bridgehead atoms. The normalized spacial score (nSPS) is 10.4. The monoisotopic (exact) mass is 257 g/mol. The molecule has 0 heterocycles. The number of anilines is 1. The zero-order valence-corrected chi connectivity index (χ0v) is 10.2. The van der Waals surface area contributed by atoms with Crippen molar-refractivity contribution < 1.29 is 13.9 Å². The summed E-state index contributed by atoms with van der Waals surface area (Å²) in [6, 6.07) is 2.06. The Labute approximate surface area is 105 Å². The van der Waals surface area contributed by atoms with Crippen LogP contribution in [-0.4, -0.2) is 30.6 Å². The van der Waals surface area contributed by atoms with E-state index < -0.39 is 11.6 Å². The molecule has 0 aliphatic rings. The Balaban J connectivity index is 3.18. The molecule has 1 aromatic carbocycles. The fourth-order valence-electron chi connectivity index (χ4n) is 1.75. The summed E-state index contributed by atoms with van der Waals surface area (Å²) in [5, 5.41) is 16.1. The summed E-state index contributed by atoms with van der Waals surface area (Å²) in [5.41, 5.74) is 5.02. The predicted molar refractivity (Wildman–Crippen MR) is 67.0 cm³/mol. The van der Waals surface area contributed by atoms with Gasteiger partial charge in [-0.15, -0.1) is 0 Å². The van der Waals surface area contributed by atoms with Gasteiger partial charge in [-0.25, -0.2) is 8.78 Å². The molecule has 6 heteroatoms. The van der Waals surface area contributed by atoms with Crippen molar-refractivity contribution in [1.29, 1.82) is 5.41 Å². The van der Waals surface area contributed by atoms with Gasteiger partial charge in [0.25, 0.3) is 0 Å². The van der Waals surface area contributed by atoms with E-state index in [9.17, 15) is 8.78 Å². The molecule has 0 fully saturated rings. The van der Waals surface area contributed by atoms with Gasteiger partial charge in [-0.05, 0) is 18.6 Å². The second-order valence-corrected chi connectivity index (χ2v) is 3.91. The molecule has 0 amide bonds. The SMILES string of the molecule is CCCN(CCO)c1c(F)cc(C(=N)N)cc1F. The third kappa shape index (κ3) is 3.16. The highest BCUT2D eigenvalue weighted by atomic mass is 19.1. The van der Waals surface area contributed by atoms with Gasteiger partial charge >= 0.3 is 0 Å². The number of nitrogens with one attached hydrogen (secondary N) is 1. The largest absolute Gasteiger partial charge is 0.395 e. The lowest BCUT2D eigenvalue weighted by Crippen LogP contribution is -2.29. The first-order valence-corrected chi connectivity index (χ1v) is 5.70. The molecular formula is C12H17F2N3O. The first-order valence-electron chi connectivity index (χ1n) is 5.70. The number of hydrogen-bond donors (Lipinski definition) is 3. The van der Waals surface area contributed by atoms with Crippen LogP contribution in [0.3, 0.4) is 0 Å². The third-order valence-electron chi connectivity index (χ3n) is 2.51. The van der Waals surface area contributed by atoms with Crippen LogP contribution in [0.5, 0.6) is 0 Å². The summed E-state index contributed by atoms with van der Waals surface area (Å²) >= 11 is 0. The summed E-state index contributed by atoms with van der Waals surface area (Å²) in [4.78, 5) is 1.44. The van der Waals surface area contributed by atoms with Gasteiger partial charge in [0, 0.05) is 18.7 Å². The quantitative estimate of drug-likeness (QED) is 0.533. The van der Waals surface area contributed by atoms with Gasteiger partial charge in [-0.3, -0.25) is 5.41 Å². The van der Waals surface area contributed by atoms with Gasteiger partial charge in [-0.2, -0.15) is 0 Å². The van der Waals surface area contributed by atoms with Gasteiger partial charge in [0.15, 0.2) is 0 Å². The van der Waals surface area contributed by atoms with E-state index in [0.29, 0.717) is 13.0 Å². The van der Waals surface area contributed by atoms with E-state index in [-0.39, 0.29) is 30.2 Å². The van der Waals surface area contributed by atoms with Gasteiger partial charge in [0.2, 0.25) is 0 Å². The minimum absolute atomic E-state index is 0.00852. The molecule has 0 aliphatic heterocycles. The molecule has 4 N–H and O–H groups in total. The lowest BCUT2D eigenvalue weighted by molar-refractivity contribution is 0.301. The van der Waals surface area contributed by atoms with E-state index >= 15 is 0 Å². The van der Waals surface area contributed by atoms with Crippen molar-refractivity contribution in [2.45, 2.75) is 13.3 Å². The Morgan fingerprint density at radius 1 is 1.33 bits per heavy atom. The molecular weight excluding hydrogens is 240 g/mol. The number of nitrogens with zero attached hydrogens (tertiary/aromatic N) is 1. The predicted octanol–water partition coefficient (Wildman–Crippen LogP) is 1.46. The zero-order valence-electron chi connectivity index (χ0n) is 10.2. The van der Waals surface area contributed by atoms with Crippen molar-refractivity contribution in [1.82, 2.24) is 0 Å². The molecule has 1 rings (SSSR count). The summed E-state index contributed by atoms with van der Waals surface area (Å²) < 4.78 is 27.7. The Bertz CT molecular complexity index is 408. The molecule has 0 atom stereocenters. The Kier molecular flexibility index (Phi) is 5.03.